The smallest absolute Gasteiger partial charge is 0.329 e. The van der Waals surface area contributed by atoms with Gasteiger partial charge in [0, 0.05) is 26.1 Å². The Balaban J connectivity index is 2.71. The summed E-state index contributed by atoms with van der Waals surface area (Å²) in [5.74, 6) is -1.64. The van der Waals surface area contributed by atoms with Gasteiger partial charge in [0.1, 0.15) is 5.54 Å². The second-order valence-electron chi connectivity index (χ2n) is 5.70. The van der Waals surface area contributed by atoms with Crippen LogP contribution in [-0.2, 0) is 19.6 Å². The van der Waals surface area contributed by atoms with Crippen molar-refractivity contribution in [1.82, 2.24) is 9.21 Å². The van der Waals surface area contributed by atoms with Gasteiger partial charge >= 0.3 is 5.97 Å². The average molecular weight is 306 g/mol. The first kappa shape index (κ1) is 16.9. The highest BCUT2D eigenvalue weighted by Gasteiger charge is 2.39. The molecule has 0 aromatic heterocycles. The van der Waals surface area contributed by atoms with Crippen LogP contribution in [0.5, 0.6) is 0 Å². The van der Waals surface area contributed by atoms with Gasteiger partial charge in [-0.1, -0.05) is 0 Å². The molecule has 1 amide bonds. The Morgan fingerprint density at radius 1 is 1.25 bits per heavy atom. The van der Waals surface area contributed by atoms with Crippen LogP contribution in [0.25, 0.3) is 0 Å². The molecule has 0 aromatic rings. The van der Waals surface area contributed by atoms with E-state index in [1.165, 1.54) is 30.1 Å². The van der Waals surface area contributed by atoms with Crippen LogP contribution in [-0.4, -0.2) is 66.5 Å². The molecule has 1 aliphatic heterocycles. The highest BCUT2D eigenvalue weighted by atomic mass is 32.2. The number of hydrogen-bond donors (Lipinski definition) is 1. The predicted molar refractivity (Wildman–Crippen MR) is 73.6 cm³/mol. The highest BCUT2D eigenvalue weighted by molar-refractivity contribution is 7.88. The first-order valence-corrected chi connectivity index (χ1v) is 8.29. The van der Waals surface area contributed by atoms with Crippen LogP contribution in [0, 0.1) is 5.92 Å². The Morgan fingerprint density at radius 2 is 1.70 bits per heavy atom. The van der Waals surface area contributed by atoms with E-state index in [1.54, 1.807) is 0 Å². The van der Waals surface area contributed by atoms with Crippen LogP contribution in [0.4, 0.5) is 0 Å². The van der Waals surface area contributed by atoms with Crippen molar-refractivity contribution in [2.24, 2.45) is 5.92 Å². The van der Waals surface area contributed by atoms with E-state index in [9.17, 15) is 18.0 Å². The van der Waals surface area contributed by atoms with E-state index in [0.717, 1.165) is 6.26 Å². The normalized spacial score (nSPS) is 18.8. The van der Waals surface area contributed by atoms with E-state index >= 15 is 0 Å². The molecule has 0 saturated carbocycles. The largest absolute Gasteiger partial charge is 0.480 e. The summed E-state index contributed by atoms with van der Waals surface area (Å²) in [7, 11) is -1.75. The van der Waals surface area contributed by atoms with E-state index in [-0.39, 0.29) is 11.8 Å². The Bertz CT molecular complexity index is 492. The Labute approximate surface area is 119 Å². The summed E-state index contributed by atoms with van der Waals surface area (Å²) in [5.41, 5.74) is -1.27. The number of sulfonamides is 1. The lowest BCUT2D eigenvalue weighted by atomic mass is 9.94. The molecular weight excluding hydrogens is 284 g/mol. The molecule has 1 heterocycles. The standard InChI is InChI=1S/C12H22N2O5S/c1-12(2,11(16)17)13(3)10(15)9-5-7-14(8-6-9)20(4,18)19/h9H,5-8H2,1-4H3,(H,16,17). The topological polar surface area (TPSA) is 95.0 Å². The van der Waals surface area contributed by atoms with E-state index in [2.05, 4.69) is 0 Å². The molecule has 0 atom stereocenters. The SMILES string of the molecule is CN(C(=O)C1CCN(S(C)(=O)=O)CC1)C(C)(C)C(=O)O. The second kappa shape index (κ2) is 5.69. The highest BCUT2D eigenvalue weighted by Crippen LogP contribution is 2.24. The number of nitrogens with zero attached hydrogens (tertiary/aromatic N) is 2. The molecule has 0 radical (unpaired) electrons. The molecule has 7 nitrogen and oxygen atoms in total. The maximum atomic E-state index is 12.3. The molecule has 0 aromatic carbocycles. The maximum Gasteiger partial charge on any atom is 0.329 e. The zero-order chi connectivity index (χ0) is 15.7. The number of likely N-dealkylation sites (N-methyl/N-ethyl adjacent to an activating group) is 1. The maximum absolute atomic E-state index is 12.3. The Morgan fingerprint density at radius 3 is 2.05 bits per heavy atom. The van der Waals surface area contributed by atoms with Gasteiger partial charge in [-0.15, -0.1) is 0 Å². The third-order valence-electron chi connectivity index (χ3n) is 3.96. The molecule has 0 spiro atoms. The summed E-state index contributed by atoms with van der Waals surface area (Å²) < 4.78 is 24.1. The van der Waals surface area contributed by atoms with Crippen molar-refractivity contribution in [2.45, 2.75) is 32.2 Å². The number of carboxylic acids is 1. The number of hydrogen-bond acceptors (Lipinski definition) is 4. The van der Waals surface area contributed by atoms with Gasteiger partial charge in [-0.3, -0.25) is 4.79 Å². The molecule has 116 valence electrons. The van der Waals surface area contributed by atoms with Gasteiger partial charge in [-0.2, -0.15) is 0 Å². The van der Waals surface area contributed by atoms with Crippen LogP contribution in [0.1, 0.15) is 26.7 Å². The first-order chi connectivity index (χ1) is 8.98. The molecule has 1 saturated heterocycles. The minimum absolute atomic E-state index is 0.245. The quantitative estimate of drug-likeness (QED) is 0.787. The molecule has 1 aliphatic rings. The fraction of sp³-hybridized carbons (Fsp3) is 0.833. The summed E-state index contributed by atoms with van der Waals surface area (Å²) in [6, 6.07) is 0. The van der Waals surface area contributed by atoms with Crippen LogP contribution < -0.4 is 0 Å². The molecule has 1 fully saturated rings. The molecule has 1 rings (SSSR count). The number of carbonyl (C=O) groups is 2. The number of aliphatic carboxylic acids is 1. The lowest BCUT2D eigenvalue weighted by molar-refractivity contribution is -0.157. The molecule has 20 heavy (non-hydrogen) atoms. The van der Waals surface area contributed by atoms with Gasteiger partial charge < -0.3 is 10.0 Å². The van der Waals surface area contributed by atoms with Gasteiger partial charge in [-0.25, -0.2) is 17.5 Å². The van der Waals surface area contributed by atoms with Crippen molar-refractivity contribution in [3.63, 3.8) is 0 Å². The van der Waals surface area contributed by atoms with Crippen molar-refractivity contribution in [2.75, 3.05) is 26.4 Å². The minimum Gasteiger partial charge on any atom is -0.480 e. The van der Waals surface area contributed by atoms with E-state index < -0.39 is 21.5 Å². The molecule has 0 unspecified atom stereocenters. The Hall–Kier alpha value is -1.15. The fourth-order valence-electron chi connectivity index (χ4n) is 2.13. The summed E-state index contributed by atoms with van der Waals surface area (Å²) in [4.78, 5) is 24.7. The number of carboxylic acid groups (broad SMARTS) is 1. The summed E-state index contributed by atoms with van der Waals surface area (Å²) in [6.45, 7) is 3.55. The third kappa shape index (κ3) is 3.49. The average Bonchev–Trinajstić information content (AvgIpc) is 2.35. The van der Waals surface area contributed by atoms with Crippen LogP contribution >= 0.6 is 0 Å². The minimum atomic E-state index is -3.22. The van der Waals surface area contributed by atoms with E-state index in [4.69, 9.17) is 5.11 Å². The first-order valence-electron chi connectivity index (χ1n) is 6.44. The lowest BCUT2D eigenvalue weighted by Gasteiger charge is -2.37. The third-order valence-corrected chi connectivity index (χ3v) is 5.27. The number of piperidine rings is 1. The zero-order valence-corrected chi connectivity index (χ0v) is 13.1. The molecule has 0 bridgehead atoms. The summed E-state index contributed by atoms with van der Waals surface area (Å²) in [5, 5.41) is 9.13. The van der Waals surface area contributed by atoms with Crippen LogP contribution in [0.15, 0.2) is 0 Å². The number of rotatable bonds is 4. The molecule has 0 aliphatic carbocycles. The lowest BCUT2D eigenvalue weighted by Crippen LogP contribution is -2.53. The molecular formula is C12H22N2O5S. The van der Waals surface area contributed by atoms with Crippen molar-refractivity contribution >= 4 is 21.9 Å². The number of amides is 1. The number of carbonyl (C=O) groups excluding carboxylic acids is 1. The summed E-state index contributed by atoms with van der Waals surface area (Å²) in [6.07, 6.45) is 1.99. The van der Waals surface area contributed by atoms with Crippen molar-refractivity contribution < 1.29 is 23.1 Å². The zero-order valence-electron chi connectivity index (χ0n) is 12.3. The fourth-order valence-corrected chi connectivity index (χ4v) is 3.00. The van der Waals surface area contributed by atoms with Gasteiger partial charge in [0.25, 0.3) is 0 Å². The van der Waals surface area contributed by atoms with E-state index in [1.807, 2.05) is 0 Å². The van der Waals surface area contributed by atoms with Crippen molar-refractivity contribution in [1.29, 1.82) is 0 Å². The molecule has 8 heteroatoms. The molecule has 1 N–H and O–H groups in total. The van der Waals surface area contributed by atoms with Crippen molar-refractivity contribution in [3.8, 4) is 0 Å². The predicted octanol–water partition coefficient (Wildman–Crippen LogP) is -0.0204. The van der Waals surface area contributed by atoms with Gasteiger partial charge in [0.2, 0.25) is 15.9 Å². The van der Waals surface area contributed by atoms with Gasteiger partial charge in [0.15, 0.2) is 0 Å². The second-order valence-corrected chi connectivity index (χ2v) is 7.68. The van der Waals surface area contributed by atoms with E-state index in [0.29, 0.717) is 25.9 Å². The Kier molecular flexibility index (Phi) is 4.81. The van der Waals surface area contributed by atoms with Crippen molar-refractivity contribution in [3.05, 3.63) is 0 Å². The van der Waals surface area contributed by atoms with Gasteiger partial charge in [-0.05, 0) is 26.7 Å². The monoisotopic (exact) mass is 306 g/mol. The summed E-state index contributed by atoms with van der Waals surface area (Å²) >= 11 is 0. The van der Waals surface area contributed by atoms with Crippen LogP contribution in [0.2, 0.25) is 0 Å². The van der Waals surface area contributed by atoms with Gasteiger partial charge in [0.05, 0.1) is 6.26 Å². The van der Waals surface area contributed by atoms with Crippen LogP contribution in [0.3, 0.4) is 0 Å².